The summed E-state index contributed by atoms with van der Waals surface area (Å²) in [4.78, 5) is 24.0. The summed E-state index contributed by atoms with van der Waals surface area (Å²) in [5.41, 5.74) is 0.470. The van der Waals surface area contributed by atoms with E-state index in [0.717, 1.165) is 30.7 Å². The van der Waals surface area contributed by atoms with Gasteiger partial charge in [0, 0.05) is 12.0 Å². The van der Waals surface area contributed by atoms with Gasteiger partial charge < -0.3 is 4.74 Å². The number of unbranched alkanes of at least 4 members (excludes halogenated alkanes) is 4. The van der Waals surface area contributed by atoms with Crippen LogP contribution in [0.25, 0.3) is 0 Å². The molecular weight excluding hydrogens is 350 g/mol. The average molecular weight is 375 g/mol. The zero-order valence-electron chi connectivity index (χ0n) is 15.3. The molecule has 26 heavy (non-hydrogen) atoms. The van der Waals surface area contributed by atoms with Gasteiger partial charge in [-0.15, -0.1) is 10.2 Å². The maximum absolute atomic E-state index is 12.2. The molecule has 1 N–H and O–H groups in total. The van der Waals surface area contributed by atoms with Crippen LogP contribution < -0.4 is 10.1 Å². The molecule has 1 heterocycles. The molecule has 6 nitrogen and oxygen atoms in total. The van der Waals surface area contributed by atoms with E-state index in [1.54, 1.807) is 24.3 Å². The van der Waals surface area contributed by atoms with Crippen LogP contribution in [0.1, 0.15) is 67.7 Å². The number of carbonyl (C=O) groups is 2. The zero-order valence-corrected chi connectivity index (χ0v) is 16.1. The molecule has 1 amide bonds. The summed E-state index contributed by atoms with van der Waals surface area (Å²) in [6, 6.07) is 6.50. The van der Waals surface area contributed by atoms with Gasteiger partial charge in [0.05, 0.1) is 0 Å². The Morgan fingerprint density at radius 3 is 2.42 bits per heavy atom. The van der Waals surface area contributed by atoms with Crippen LogP contribution in [-0.4, -0.2) is 22.1 Å². The molecule has 0 saturated carbocycles. The minimum atomic E-state index is -0.266. The van der Waals surface area contributed by atoms with E-state index in [0.29, 0.717) is 22.9 Å². The van der Waals surface area contributed by atoms with Crippen molar-refractivity contribution in [2.24, 2.45) is 0 Å². The number of carbonyl (C=O) groups excluding carboxylic acids is 2. The summed E-state index contributed by atoms with van der Waals surface area (Å²) in [5.74, 6) is -0.0541. The van der Waals surface area contributed by atoms with E-state index in [-0.39, 0.29) is 11.9 Å². The van der Waals surface area contributed by atoms with Crippen molar-refractivity contribution in [2.45, 2.75) is 58.8 Å². The van der Waals surface area contributed by atoms with E-state index >= 15 is 0 Å². The Morgan fingerprint density at radius 1 is 1.04 bits per heavy atom. The van der Waals surface area contributed by atoms with Gasteiger partial charge in [-0.1, -0.05) is 50.9 Å². The third-order valence-electron chi connectivity index (χ3n) is 3.82. The number of aryl methyl sites for hydroxylation is 1. The van der Waals surface area contributed by atoms with Crippen molar-refractivity contribution >= 4 is 28.3 Å². The van der Waals surface area contributed by atoms with E-state index in [9.17, 15) is 9.59 Å². The first-order valence-corrected chi connectivity index (χ1v) is 9.88. The van der Waals surface area contributed by atoms with Gasteiger partial charge in [0.25, 0.3) is 5.91 Å². The number of hydrogen-bond acceptors (Lipinski definition) is 6. The van der Waals surface area contributed by atoms with Gasteiger partial charge in [0.1, 0.15) is 10.8 Å². The molecule has 1 aromatic heterocycles. The van der Waals surface area contributed by atoms with Crippen LogP contribution in [0.3, 0.4) is 0 Å². The second-order valence-corrected chi connectivity index (χ2v) is 7.03. The number of esters is 1. The maximum atomic E-state index is 12.2. The molecule has 0 aliphatic heterocycles. The van der Waals surface area contributed by atoms with E-state index in [2.05, 4.69) is 22.4 Å². The van der Waals surface area contributed by atoms with Gasteiger partial charge in [-0.2, -0.15) is 0 Å². The van der Waals surface area contributed by atoms with Crippen molar-refractivity contribution in [1.29, 1.82) is 0 Å². The fraction of sp³-hybridized carbons (Fsp3) is 0.474. The summed E-state index contributed by atoms with van der Waals surface area (Å²) >= 11 is 1.36. The molecule has 0 saturated heterocycles. The Labute approximate surface area is 158 Å². The summed E-state index contributed by atoms with van der Waals surface area (Å²) < 4.78 is 5.30. The third-order valence-corrected chi connectivity index (χ3v) is 4.81. The number of ether oxygens (including phenoxy) is 1. The quantitative estimate of drug-likeness (QED) is 0.372. The van der Waals surface area contributed by atoms with Gasteiger partial charge in [0.2, 0.25) is 5.13 Å². The predicted octanol–water partition coefficient (Wildman–Crippen LogP) is 4.62. The number of nitrogens with zero attached hydrogens (tertiary/aromatic N) is 2. The number of hydrogen-bond donors (Lipinski definition) is 1. The van der Waals surface area contributed by atoms with Gasteiger partial charge >= 0.3 is 5.97 Å². The van der Waals surface area contributed by atoms with Crippen molar-refractivity contribution in [3.8, 4) is 5.75 Å². The van der Waals surface area contributed by atoms with Gasteiger partial charge in [0.15, 0.2) is 0 Å². The normalized spacial score (nSPS) is 10.5. The lowest BCUT2D eigenvalue weighted by Crippen LogP contribution is -2.12. The molecule has 140 valence electrons. The maximum Gasteiger partial charge on any atom is 0.311 e. The standard InChI is InChI=1S/C19H25N3O3S/c1-3-5-6-7-8-9-17(23)25-15-12-10-14(11-13-15)18(24)20-19-22-21-16(4-2)26-19/h10-13H,3-9H2,1-2H3,(H,20,22,24). The highest BCUT2D eigenvalue weighted by Crippen LogP contribution is 2.18. The van der Waals surface area contributed by atoms with Crippen LogP contribution in [0.4, 0.5) is 5.13 Å². The van der Waals surface area contributed by atoms with E-state index in [4.69, 9.17) is 4.74 Å². The van der Waals surface area contributed by atoms with E-state index in [1.165, 1.54) is 24.2 Å². The van der Waals surface area contributed by atoms with Crippen LogP contribution in [0.15, 0.2) is 24.3 Å². The van der Waals surface area contributed by atoms with Gasteiger partial charge in [-0.3, -0.25) is 14.9 Å². The molecule has 2 rings (SSSR count). The highest BCUT2D eigenvalue weighted by molar-refractivity contribution is 7.15. The number of rotatable bonds is 10. The number of benzene rings is 1. The fourth-order valence-corrected chi connectivity index (χ4v) is 3.02. The molecule has 1 aromatic carbocycles. The Hall–Kier alpha value is -2.28. The number of nitrogens with one attached hydrogen (secondary N) is 1. The van der Waals surface area contributed by atoms with Crippen LogP contribution in [0.5, 0.6) is 5.75 Å². The Morgan fingerprint density at radius 2 is 1.77 bits per heavy atom. The highest BCUT2D eigenvalue weighted by Gasteiger charge is 2.11. The monoisotopic (exact) mass is 375 g/mol. The second-order valence-electron chi connectivity index (χ2n) is 5.97. The summed E-state index contributed by atoms with van der Waals surface area (Å²) in [5, 5.41) is 12.0. The van der Waals surface area contributed by atoms with Crippen LogP contribution in [-0.2, 0) is 11.2 Å². The Bertz CT molecular complexity index is 713. The summed E-state index contributed by atoms with van der Waals surface area (Å²) in [6.45, 7) is 4.14. The largest absolute Gasteiger partial charge is 0.427 e. The predicted molar refractivity (Wildman–Crippen MR) is 103 cm³/mol. The zero-order chi connectivity index (χ0) is 18.8. The Kier molecular flexibility index (Phi) is 8.21. The minimum Gasteiger partial charge on any atom is -0.427 e. The first-order valence-electron chi connectivity index (χ1n) is 9.06. The van der Waals surface area contributed by atoms with Crippen molar-refractivity contribution in [2.75, 3.05) is 5.32 Å². The molecule has 0 bridgehead atoms. The topological polar surface area (TPSA) is 81.2 Å². The first-order chi connectivity index (χ1) is 12.6. The molecular formula is C19H25N3O3S. The number of aromatic nitrogens is 2. The first kappa shape index (κ1) is 20.0. The Balaban J connectivity index is 1.79. The molecule has 0 aliphatic rings. The molecule has 2 aromatic rings. The third kappa shape index (κ3) is 6.55. The molecule has 0 atom stereocenters. The molecule has 0 unspecified atom stereocenters. The van der Waals surface area contributed by atoms with Crippen LogP contribution in [0, 0.1) is 0 Å². The molecule has 0 fully saturated rings. The smallest absolute Gasteiger partial charge is 0.311 e. The second kappa shape index (κ2) is 10.7. The minimum absolute atomic E-state index is 0.236. The van der Waals surface area contributed by atoms with Crippen LogP contribution in [0.2, 0.25) is 0 Å². The van der Waals surface area contributed by atoms with E-state index in [1.807, 2.05) is 6.92 Å². The van der Waals surface area contributed by atoms with Crippen molar-refractivity contribution in [3.05, 3.63) is 34.8 Å². The highest BCUT2D eigenvalue weighted by atomic mass is 32.1. The average Bonchev–Trinajstić information content (AvgIpc) is 3.09. The molecule has 0 radical (unpaired) electrons. The lowest BCUT2D eigenvalue weighted by atomic mass is 10.1. The van der Waals surface area contributed by atoms with Crippen molar-refractivity contribution < 1.29 is 14.3 Å². The summed E-state index contributed by atoms with van der Waals surface area (Å²) in [7, 11) is 0. The van der Waals surface area contributed by atoms with Crippen LogP contribution >= 0.6 is 11.3 Å². The summed E-state index contributed by atoms with van der Waals surface area (Å²) in [6.07, 6.45) is 6.64. The number of amides is 1. The molecule has 0 spiro atoms. The fourth-order valence-electron chi connectivity index (χ4n) is 2.35. The molecule has 0 aliphatic carbocycles. The van der Waals surface area contributed by atoms with E-state index < -0.39 is 0 Å². The van der Waals surface area contributed by atoms with Gasteiger partial charge in [-0.25, -0.2) is 0 Å². The lowest BCUT2D eigenvalue weighted by Gasteiger charge is -2.06. The molecule has 7 heteroatoms. The number of anilines is 1. The van der Waals surface area contributed by atoms with Crippen molar-refractivity contribution in [3.63, 3.8) is 0 Å². The SMILES string of the molecule is CCCCCCCC(=O)Oc1ccc(C(=O)Nc2nnc(CC)s2)cc1. The van der Waals surface area contributed by atoms with Gasteiger partial charge in [-0.05, 0) is 37.1 Å². The lowest BCUT2D eigenvalue weighted by molar-refractivity contribution is -0.134. The van der Waals surface area contributed by atoms with Crippen molar-refractivity contribution in [1.82, 2.24) is 10.2 Å².